The van der Waals surface area contributed by atoms with Crippen molar-refractivity contribution in [1.82, 2.24) is 10.6 Å². The number of benzene rings is 2. The van der Waals surface area contributed by atoms with Gasteiger partial charge in [0, 0.05) is 12.1 Å². The second kappa shape index (κ2) is 9.01. The van der Waals surface area contributed by atoms with E-state index in [1.807, 2.05) is 36.4 Å². The number of nitrogens with one attached hydrogen (secondary N) is 2. The Labute approximate surface area is 141 Å². The van der Waals surface area contributed by atoms with Crippen LogP contribution >= 0.6 is 0 Å². The highest BCUT2D eigenvalue weighted by atomic mass is 16.5. The Morgan fingerprint density at radius 3 is 2.58 bits per heavy atom. The molecule has 0 atom stereocenters. The summed E-state index contributed by atoms with van der Waals surface area (Å²) >= 11 is 0. The molecule has 2 aromatic rings. The number of carbonyl (C=O) groups is 2. The maximum absolute atomic E-state index is 11.7. The normalized spacial score (nSPS) is 9.38. The highest BCUT2D eigenvalue weighted by Crippen LogP contribution is 2.06. The monoisotopic (exact) mass is 322 g/mol. The minimum Gasteiger partial charge on any atom is -0.465 e. The molecule has 2 amide bonds. The topological polar surface area (TPSA) is 67.4 Å². The molecule has 5 heteroatoms. The van der Waals surface area contributed by atoms with Gasteiger partial charge in [0.05, 0.1) is 19.2 Å². The third-order valence-electron chi connectivity index (χ3n) is 3.14. The molecule has 0 saturated carbocycles. The second-order valence-corrected chi connectivity index (χ2v) is 4.90. The zero-order valence-corrected chi connectivity index (χ0v) is 13.3. The maximum atomic E-state index is 11.7. The summed E-state index contributed by atoms with van der Waals surface area (Å²) in [6, 6.07) is 16.1. The molecule has 0 spiro atoms. The zero-order chi connectivity index (χ0) is 17.2. The molecule has 0 heterocycles. The van der Waals surface area contributed by atoms with E-state index in [0.717, 1.165) is 11.1 Å². The molecule has 0 aliphatic rings. The molecule has 0 fully saturated rings. The first-order valence-electron chi connectivity index (χ1n) is 7.42. The highest BCUT2D eigenvalue weighted by molar-refractivity contribution is 5.89. The molecule has 122 valence electrons. The van der Waals surface area contributed by atoms with Crippen molar-refractivity contribution in [2.45, 2.75) is 6.54 Å². The van der Waals surface area contributed by atoms with Crippen LogP contribution in [0.4, 0.5) is 4.79 Å². The van der Waals surface area contributed by atoms with Gasteiger partial charge in [-0.25, -0.2) is 9.59 Å². The molecule has 2 N–H and O–H groups in total. The van der Waals surface area contributed by atoms with Crippen molar-refractivity contribution in [1.29, 1.82) is 0 Å². The van der Waals surface area contributed by atoms with E-state index in [-0.39, 0.29) is 12.6 Å². The zero-order valence-electron chi connectivity index (χ0n) is 13.3. The molecule has 2 aromatic carbocycles. The SMILES string of the molecule is COC(=O)c1cccc(CNC(=O)NCC#Cc2ccccc2)c1. The van der Waals surface area contributed by atoms with Crippen molar-refractivity contribution >= 4 is 12.0 Å². The number of esters is 1. The lowest BCUT2D eigenvalue weighted by Gasteiger charge is -2.06. The Bertz CT molecular complexity index is 761. The summed E-state index contributed by atoms with van der Waals surface area (Å²) in [5.74, 6) is 5.43. The first-order chi connectivity index (χ1) is 11.7. The predicted molar refractivity (Wildman–Crippen MR) is 91.3 cm³/mol. The molecule has 0 aliphatic heterocycles. The largest absolute Gasteiger partial charge is 0.465 e. The maximum Gasteiger partial charge on any atom is 0.337 e. The van der Waals surface area contributed by atoms with Crippen molar-refractivity contribution in [3.05, 3.63) is 71.3 Å². The summed E-state index contributed by atoms with van der Waals surface area (Å²) in [5.41, 5.74) is 2.16. The third kappa shape index (κ3) is 5.50. The summed E-state index contributed by atoms with van der Waals surface area (Å²) in [6.07, 6.45) is 0. The van der Waals surface area contributed by atoms with Crippen LogP contribution in [0.15, 0.2) is 54.6 Å². The van der Waals surface area contributed by atoms with Gasteiger partial charge in [0.15, 0.2) is 0 Å². The fourth-order valence-electron chi connectivity index (χ4n) is 1.96. The number of hydrogen-bond acceptors (Lipinski definition) is 3. The van der Waals surface area contributed by atoms with Crippen molar-refractivity contribution in [3.8, 4) is 11.8 Å². The van der Waals surface area contributed by atoms with Gasteiger partial charge < -0.3 is 15.4 Å². The van der Waals surface area contributed by atoms with E-state index < -0.39 is 5.97 Å². The molecule has 24 heavy (non-hydrogen) atoms. The molecule has 0 saturated heterocycles. The molecule has 5 nitrogen and oxygen atoms in total. The number of rotatable bonds is 4. The minimum atomic E-state index is -0.405. The Hall–Kier alpha value is -3.26. The van der Waals surface area contributed by atoms with Crippen molar-refractivity contribution in [2.24, 2.45) is 0 Å². The number of hydrogen-bond donors (Lipinski definition) is 2. The van der Waals surface area contributed by atoms with E-state index in [1.165, 1.54) is 7.11 Å². The average Bonchev–Trinajstić information content (AvgIpc) is 2.64. The fraction of sp³-hybridized carbons (Fsp3) is 0.158. The van der Waals surface area contributed by atoms with E-state index in [2.05, 4.69) is 27.2 Å². The van der Waals surface area contributed by atoms with Crippen LogP contribution in [0.1, 0.15) is 21.5 Å². The van der Waals surface area contributed by atoms with Crippen LogP contribution in [0.25, 0.3) is 0 Å². The number of ether oxygens (including phenoxy) is 1. The molecule has 0 unspecified atom stereocenters. The van der Waals surface area contributed by atoms with Crippen LogP contribution in [0.3, 0.4) is 0 Å². The van der Waals surface area contributed by atoms with Crippen LogP contribution in [-0.2, 0) is 11.3 Å². The number of urea groups is 1. The quantitative estimate of drug-likeness (QED) is 0.670. The average molecular weight is 322 g/mol. The van der Waals surface area contributed by atoms with Gasteiger partial charge in [0.1, 0.15) is 0 Å². The fourth-order valence-corrected chi connectivity index (χ4v) is 1.96. The summed E-state index contributed by atoms with van der Waals surface area (Å²) in [5, 5.41) is 5.37. The van der Waals surface area contributed by atoms with Gasteiger partial charge >= 0.3 is 12.0 Å². The van der Waals surface area contributed by atoms with Crippen LogP contribution in [0, 0.1) is 11.8 Å². The number of methoxy groups -OCH3 is 1. The molecule has 2 rings (SSSR count). The molecule has 0 bridgehead atoms. The van der Waals surface area contributed by atoms with Gasteiger partial charge in [-0.2, -0.15) is 0 Å². The van der Waals surface area contributed by atoms with E-state index >= 15 is 0 Å². The van der Waals surface area contributed by atoms with Crippen LogP contribution < -0.4 is 10.6 Å². The Morgan fingerprint density at radius 2 is 1.83 bits per heavy atom. The first kappa shape index (κ1) is 17.1. The summed E-state index contributed by atoms with van der Waals surface area (Å²) in [4.78, 5) is 23.2. The van der Waals surface area contributed by atoms with Crippen molar-refractivity contribution in [3.63, 3.8) is 0 Å². The van der Waals surface area contributed by atoms with Crippen molar-refractivity contribution < 1.29 is 14.3 Å². The molecule has 0 aliphatic carbocycles. The Morgan fingerprint density at radius 1 is 1.04 bits per heavy atom. The van der Waals surface area contributed by atoms with Crippen LogP contribution in [0.5, 0.6) is 0 Å². The van der Waals surface area contributed by atoms with E-state index in [9.17, 15) is 9.59 Å². The van der Waals surface area contributed by atoms with Gasteiger partial charge in [-0.1, -0.05) is 42.2 Å². The summed E-state index contributed by atoms with van der Waals surface area (Å²) in [6.45, 7) is 0.561. The van der Waals surface area contributed by atoms with Gasteiger partial charge in [-0.3, -0.25) is 0 Å². The van der Waals surface area contributed by atoms with E-state index in [4.69, 9.17) is 0 Å². The lowest BCUT2D eigenvalue weighted by molar-refractivity contribution is 0.0600. The molecular weight excluding hydrogens is 304 g/mol. The Balaban J connectivity index is 1.77. The molecular formula is C19H18N2O3. The highest BCUT2D eigenvalue weighted by Gasteiger charge is 2.06. The van der Waals surface area contributed by atoms with Gasteiger partial charge in [-0.05, 0) is 29.8 Å². The van der Waals surface area contributed by atoms with E-state index in [1.54, 1.807) is 18.2 Å². The van der Waals surface area contributed by atoms with Crippen LogP contribution in [-0.4, -0.2) is 25.7 Å². The second-order valence-electron chi connectivity index (χ2n) is 4.90. The third-order valence-corrected chi connectivity index (χ3v) is 3.14. The first-order valence-corrected chi connectivity index (χ1v) is 7.42. The van der Waals surface area contributed by atoms with Gasteiger partial charge in [0.2, 0.25) is 0 Å². The van der Waals surface area contributed by atoms with Crippen molar-refractivity contribution in [2.75, 3.05) is 13.7 Å². The minimum absolute atomic E-state index is 0.253. The molecule has 0 radical (unpaired) electrons. The molecule has 0 aromatic heterocycles. The summed E-state index contributed by atoms with van der Waals surface area (Å²) in [7, 11) is 1.33. The number of carbonyl (C=O) groups excluding carboxylic acids is 2. The predicted octanol–water partition coefficient (Wildman–Crippen LogP) is 2.32. The lowest BCUT2D eigenvalue weighted by Crippen LogP contribution is -2.35. The Kier molecular flexibility index (Phi) is 6.42. The van der Waals surface area contributed by atoms with Gasteiger partial charge in [0.25, 0.3) is 0 Å². The number of amides is 2. The van der Waals surface area contributed by atoms with E-state index in [0.29, 0.717) is 12.1 Å². The van der Waals surface area contributed by atoms with Gasteiger partial charge in [-0.15, -0.1) is 0 Å². The summed E-state index contributed by atoms with van der Waals surface area (Å²) < 4.78 is 4.66. The lowest BCUT2D eigenvalue weighted by atomic mass is 10.1. The van der Waals surface area contributed by atoms with Crippen LogP contribution in [0.2, 0.25) is 0 Å². The smallest absolute Gasteiger partial charge is 0.337 e. The standard InChI is InChI=1S/C19H18N2O3/c1-24-18(22)17-11-5-9-16(13-17)14-21-19(23)20-12-6-10-15-7-3-2-4-8-15/h2-5,7-9,11,13H,12,14H2,1H3,(H2,20,21,23).